The van der Waals surface area contributed by atoms with E-state index in [1.807, 2.05) is 0 Å². The largest absolute Gasteiger partial charge is 0.510 e. The van der Waals surface area contributed by atoms with Gasteiger partial charge in [-0.2, -0.15) is 0 Å². The van der Waals surface area contributed by atoms with Gasteiger partial charge in [-0.1, -0.05) is 0 Å². The molecule has 2 atom stereocenters. The average Bonchev–Trinajstić information content (AvgIpc) is 2.69. The molecule has 0 spiro atoms. The number of fused-ring (bicyclic) bond motifs is 4. The van der Waals surface area contributed by atoms with Crippen molar-refractivity contribution in [1.29, 1.82) is 0 Å². The molecule has 3 heterocycles. The van der Waals surface area contributed by atoms with Gasteiger partial charge in [0.2, 0.25) is 5.91 Å². The van der Waals surface area contributed by atoms with Crippen LogP contribution in [-0.2, 0) is 16.1 Å². The van der Waals surface area contributed by atoms with Gasteiger partial charge in [-0.25, -0.2) is 13.2 Å². The highest BCUT2D eigenvalue weighted by molar-refractivity contribution is 5.98. The van der Waals surface area contributed by atoms with E-state index in [2.05, 4.69) is 5.32 Å². The fraction of sp³-hybridized carbons (Fsp3) is 0.429. The quantitative estimate of drug-likeness (QED) is 0.671. The Morgan fingerprint density at radius 3 is 2.58 bits per heavy atom. The van der Waals surface area contributed by atoms with Crippen molar-refractivity contribution in [2.24, 2.45) is 0 Å². The number of hydrogen-bond acceptors (Lipinski definition) is 5. The number of nitrogens with zero attached hydrogens (tertiary/aromatic N) is 2. The van der Waals surface area contributed by atoms with Crippen molar-refractivity contribution in [3.05, 3.63) is 58.4 Å². The third-order valence-electron chi connectivity index (χ3n) is 5.89. The molecule has 0 aliphatic carbocycles. The van der Waals surface area contributed by atoms with Crippen LogP contribution in [0.1, 0.15) is 31.2 Å². The van der Waals surface area contributed by atoms with Crippen molar-refractivity contribution in [2.75, 3.05) is 13.1 Å². The molecule has 2 fully saturated rings. The van der Waals surface area contributed by atoms with Crippen LogP contribution in [-0.4, -0.2) is 57.1 Å². The second-order valence-corrected chi connectivity index (χ2v) is 7.99. The van der Waals surface area contributed by atoms with Crippen molar-refractivity contribution >= 4 is 11.8 Å². The Labute approximate surface area is 176 Å². The number of aliphatic hydroxyl groups is 2. The van der Waals surface area contributed by atoms with Crippen LogP contribution in [0.25, 0.3) is 0 Å². The van der Waals surface area contributed by atoms with Crippen LogP contribution in [0.3, 0.4) is 0 Å². The second-order valence-electron chi connectivity index (χ2n) is 7.99. The molecular formula is C21H22F3N3O4. The molecule has 3 aliphatic rings. The molecule has 2 amide bonds. The van der Waals surface area contributed by atoms with Crippen LogP contribution < -0.4 is 5.32 Å². The lowest BCUT2D eigenvalue weighted by Crippen LogP contribution is -2.55. The maximum Gasteiger partial charge on any atom is 0.274 e. The van der Waals surface area contributed by atoms with Gasteiger partial charge in [0, 0.05) is 55.5 Å². The molecule has 31 heavy (non-hydrogen) atoms. The molecule has 1 aromatic carbocycles. The summed E-state index contributed by atoms with van der Waals surface area (Å²) in [6.07, 6.45) is 2.27. The molecule has 7 nitrogen and oxygen atoms in total. The van der Waals surface area contributed by atoms with Gasteiger partial charge in [-0.15, -0.1) is 0 Å². The van der Waals surface area contributed by atoms with Crippen molar-refractivity contribution < 1.29 is 33.0 Å². The van der Waals surface area contributed by atoms with Gasteiger partial charge in [0.1, 0.15) is 28.9 Å². The molecule has 4 rings (SSSR count). The first-order valence-electron chi connectivity index (χ1n) is 10.0. The standard InChI is InChI=1S/C21H22F3N3O4/c22-12-6-16(23)15(17(24)7-12)8-25-20(30)11-5-18(29)19-21(31)26-4-3-14(28)2-1-13(10-26)27(19)9-11/h6-7,9,13-14,28-29H,1-5,8,10H2,(H,25,30)/t13-,14+/m0/s1. The number of halogens is 3. The summed E-state index contributed by atoms with van der Waals surface area (Å²) < 4.78 is 40.7. The summed E-state index contributed by atoms with van der Waals surface area (Å²) in [5.74, 6) is -4.59. The van der Waals surface area contributed by atoms with Crippen LogP contribution in [0.5, 0.6) is 0 Å². The van der Waals surface area contributed by atoms with Crippen molar-refractivity contribution in [3.8, 4) is 0 Å². The Balaban J connectivity index is 1.53. The number of allylic oxidation sites excluding steroid dienone is 1. The highest BCUT2D eigenvalue weighted by Gasteiger charge is 2.41. The number of hydrogen-bond donors (Lipinski definition) is 3. The molecule has 2 saturated heterocycles. The Kier molecular flexibility index (Phi) is 5.65. The lowest BCUT2D eigenvalue weighted by Gasteiger charge is -2.45. The van der Waals surface area contributed by atoms with Gasteiger partial charge >= 0.3 is 0 Å². The third-order valence-corrected chi connectivity index (χ3v) is 5.89. The summed E-state index contributed by atoms with van der Waals surface area (Å²) in [6, 6.07) is 0.832. The summed E-state index contributed by atoms with van der Waals surface area (Å²) in [6.45, 7) is 0.278. The van der Waals surface area contributed by atoms with E-state index in [4.69, 9.17) is 0 Å². The summed E-state index contributed by atoms with van der Waals surface area (Å²) in [5.41, 5.74) is -0.253. The van der Waals surface area contributed by atoms with Crippen LogP contribution in [0.2, 0.25) is 0 Å². The third kappa shape index (κ3) is 4.12. The minimum Gasteiger partial charge on any atom is -0.510 e. The normalized spacial score (nSPS) is 23.7. The van der Waals surface area contributed by atoms with Gasteiger partial charge in [-0.05, 0) is 19.3 Å². The minimum atomic E-state index is -1.12. The monoisotopic (exact) mass is 437 g/mol. The summed E-state index contributed by atoms with van der Waals surface area (Å²) in [4.78, 5) is 28.6. The number of rotatable bonds is 3. The fourth-order valence-electron chi connectivity index (χ4n) is 4.21. The van der Waals surface area contributed by atoms with Gasteiger partial charge in [0.05, 0.1) is 12.1 Å². The van der Waals surface area contributed by atoms with Crippen LogP contribution in [0.15, 0.2) is 35.4 Å². The average molecular weight is 437 g/mol. The molecule has 0 radical (unpaired) electrons. The summed E-state index contributed by atoms with van der Waals surface area (Å²) in [7, 11) is 0. The van der Waals surface area contributed by atoms with E-state index in [9.17, 15) is 33.0 Å². The molecule has 3 aliphatic heterocycles. The molecule has 166 valence electrons. The summed E-state index contributed by atoms with van der Waals surface area (Å²) >= 11 is 0. The number of benzene rings is 1. The first-order chi connectivity index (χ1) is 14.7. The molecule has 0 saturated carbocycles. The zero-order valence-corrected chi connectivity index (χ0v) is 16.6. The lowest BCUT2D eigenvalue weighted by molar-refractivity contribution is -0.134. The smallest absolute Gasteiger partial charge is 0.274 e. The van der Waals surface area contributed by atoms with E-state index >= 15 is 0 Å². The number of carbonyl (C=O) groups excluding carboxylic acids is 2. The van der Waals surface area contributed by atoms with Gasteiger partial charge < -0.3 is 25.3 Å². The second kappa shape index (κ2) is 8.26. The van der Waals surface area contributed by atoms with E-state index in [1.165, 1.54) is 6.20 Å². The van der Waals surface area contributed by atoms with Crippen LogP contribution in [0, 0.1) is 17.5 Å². The van der Waals surface area contributed by atoms with Gasteiger partial charge in [0.25, 0.3) is 5.91 Å². The Bertz CT molecular complexity index is 971. The molecule has 1 aromatic rings. The number of amides is 2. The Hall–Kier alpha value is -3.01. The molecule has 3 N–H and O–H groups in total. The highest BCUT2D eigenvalue weighted by Crippen LogP contribution is 2.34. The first-order valence-corrected chi connectivity index (χ1v) is 10.0. The molecular weight excluding hydrogens is 415 g/mol. The van der Waals surface area contributed by atoms with Crippen molar-refractivity contribution in [2.45, 2.75) is 44.4 Å². The Morgan fingerprint density at radius 1 is 1.16 bits per heavy atom. The SMILES string of the molecule is O=C(NCc1c(F)cc(F)cc1F)C1=CN2C(=C(O)C1)C(=O)N1CC[C@H](O)CC[C@H]2C1. The molecule has 10 heteroatoms. The van der Waals surface area contributed by atoms with Crippen molar-refractivity contribution in [3.63, 3.8) is 0 Å². The fourth-order valence-corrected chi connectivity index (χ4v) is 4.21. The van der Waals surface area contributed by atoms with E-state index in [0.717, 1.165) is 0 Å². The Morgan fingerprint density at radius 2 is 1.87 bits per heavy atom. The van der Waals surface area contributed by atoms with Crippen LogP contribution >= 0.6 is 0 Å². The maximum absolute atomic E-state index is 13.8. The molecule has 0 aromatic heterocycles. The van der Waals surface area contributed by atoms with E-state index in [0.29, 0.717) is 44.5 Å². The zero-order chi connectivity index (χ0) is 22.3. The van der Waals surface area contributed by atoms with E-state index < -0.39 is 41.6 Å². The minimum absolute atomic E-state index is 0.111. The van der Waals surface area contributed by atoms with E-state index in [1.54, 1.807) is 9.80 Å². The zero-order valence-electron chi connectivity index (χ0n) is 16.6. The number of nitrogens with one attached hydrogen (secondary N) is 1. The molecule has 0 unspecified atom stereocenters. The predicted molar refractivity (Wildman–Crippen MR) is 103 cm³/mol. The van der Waals surface area contributed by atoms with Gasteiger partial charge in [-0.3, -0.25) is 9.59 Å². The topological polar surface area (TPSA) is 93.1 Å². The van der Waals surface area contributed by atoms with E-state index in [-0.39, 0.29) is 35.4 Å². The van der Waals surface area contributed by atoms with Gasteiger partial charge in [0.15, 0.2) is 0 Å². The number of aliphatic hydroxyl groups excluding tert-OH is 2. The first kappa shape index (κ1) is 21.2. The summed E-state index contributed by atoms with van der Waals surface area (Å²) in [5, 5.41) is 22.9. The lowest BCUT2D eigenvalue weighted by atomic mass is 9.94. The van der Waals surface area contributed by atoms with Crippen molar-refractivity contribution in [1.82, 2.24) is 15.1 Å². The predicted octanol–water partition coefficient (Wildman–Crippen LogP) is 1.83. The number of piperazine rings is 1. The van der Waals surface area contributed by atoms with Crippen LogP contribution in [0.4, 0.5) is 13.2 Å². The maximum atomic E-state index is 13.8. The number of carbonyl (C=O) groups is 2. The highest BCUT2D eigenvalue weighted by atomic mass is 19.1. The molecule has 2 bridgehead atoms.